The third-order valence-electron chi connectivity index (χ3n) is 2.34. The predicted octanol–water partition coefficient (Wildman–Crippen LogP) is 1.72. The molecule has 0 heterocycles. The minimum Gasteiger partial charge on any atom is -0.224 e. The molecule has 4 heteroatoms. The summed E-state index contributed by atoms with van der Waals surface area (Å²) in [5, 5.41) is 2.02. The van der Waals surface area contributed by atoms with Crippen molar-refractivity contribution < 1.29 is 8.42 Å². The zero-order valence-electron chi connectivity index (χ0n) is 9.42. The highest BCUT2D eigenvalue weighted by molar-refractivity contribution is 7.91. The quantitative estimate of drug-likeness (QED) is 0.791. The van der Waals surface area contributed by atoms with Crippen LogP contribution in [-0.2, 0) is 9.84 Å². The van der Waals surface area contributed by atoms with Crippen LogP contribution in [0.15, 0.2) is 59.5 Å². The molecule has 0 aliphatic carbocycles. The van der Waals surface area contributed by atoms with E-state index < -0.39 is 9.84 Å². The van der Waals surface area contributed by atoms with Crippen LogP contribution in [-0.4, -0.2) is 14.7 Å². The maximum atomic E-state index is 11.6. The summed E-state index contributed by atoms with van der Waals surface area (Å²) in [6.07, 6.45) is 1.25. The van der Waals surface area contributed by atoms with Gasteiger partial charge in [-0.1, -0.05) is 57.1 Å². The second kappa shape index (κ2) is 4.99. The Labute approximate surface area is 103 Å². The van der Waals surface area contributed by atoms with E-state index in [9.17, 15) is 8.42 Å². The van der Waals surface area contributed by atoms with Gasteiger partial charge in [-0.2, -0.15) is 0 Å². The summed E-state index contributed by atoms with van der Waals surface area (Å²) in [6, 6.07) is 17.1. The molecule has 0 aromatic heterocycles. The fourth-order valence-electron chi connectivity index (χ4n) is 1.57. The van der Waals surface area contributed by atoms with Crippen molar-refractivity contribution in [3.8, 4) is 0 Å². The van der Waals surface area contributed by atoms with Gasteiger partial charge in [-0.25, -0.2) is 8.42 Å². The van der Waals surface area contributed by atoms with Gasteiger partial charge < -0.3 is 0 Å². The molecule has 0 saturated heterocycles. The average molecular weight is 264 g/mol. The molecule has 0 aliphatic rings. The van der Waals surface area contributed by atoms with Crippen LogP contribution in [0.1, 0.15) is 0 Å². The Morgan fingerprint density at radius 2 is 1.47 bits per heavy atom. The molecule has 2 rings (SSSR count). The summed E-state index contributed by atoms with van der Waals surface area (Å²) < 4.78 is 23.3. The van der Waals surface area contributed by atoms with E-state index in [4.69, 9.17) is 0 Å². The standard InChI is InChI=1S/C13H13O2PS/c1-17(14,15)13-10-6-5-9-12(13)16-11-7-3-2-4-8-11/h2-10,16H,1H3. The van der Waals surface area contributed by atoms with Gasteiger partial charge in [0, 0.05) is 6.26 Å². The molecule has 0 amide bonds. The van der Waals surface area contributed by atoms with E-state index in [0.717, 1.165) is 10.6 Å². The van der Waals surface area contributed by atoms with Crippen molar-refractivity contribution in [3.05, 3.63) is 54.6 Å². The molecule has 88 valence electrons. The molecule has 17 heavy (non-hydrogen) atoms. The highest BCUT2D eigenvalue weighted by Crippen LogP contribution is 2.17. The SMILES string of the molecule is CS(=O)(=O)c1ccccc1Pc1ccccc1. The minimum absolute atomic E-state index is 0.370. The Morgan fingerprint density at radius 1 is 0.882 bits per heavy atom. The van der Waals surface area contributed by atoms with Crippen molar-refractivity contribution in [2.24, 2.45) is 0 Å². The van der Waals surface area contributed by atoms with Gasteiger partial charge in [0.25, 0.3) is 0 Å². The van der Waals surface area contributed by atoms with Crippen LogP contribution in [0.5, 0.6) is 0 Å². The second-order valence-corrected chi connectivity index (χ2v) is 7.11. The maximum absolute atomic E-state index is 11.6. The fraction of sp³-hybridized carbons (Fsp3) is 0.0769. The topological polar surface area (TPSA) is 34.1 Å². The van der Waals surface area contributed by atoms with Crippen LogP contribution >= 0.6 is 8.58 Å². The molecule has 0 N–H and O–H groups in total. The maximum Gasteiger partial charge on any atom is 0.176 e. The van der Waals surface area contributed by atoms with E-state index in [1.165, 1.54) is 6.26 Å². The Morgan fingerprint density at radius 3 is 2.12 bits per heavy atom. The molecule has 1 unspecified atom stereocenters. The first kappa shape index (κ1) is 12.3. The summed E-state index contributed by atoms with van der Waals surface area (Å²) in [7, 11) is -2.78. The first-order chi connectivity index (χ1) is 8.07. The van der Waals surface area contributed by atoms with E-state index in [1.807, 2.05) is 42.5 Å². The monoisotopic (exact) mass is 264 g/mol. The van der Waals surface area contributed by atoms with Gasteiger partial charge in [0.15, 0.2) is 9.84 Å². The third kappa shape index (κ3) is 3.15. The van der Waals surface area contributed by atoms with Crippen molar-refractivity contribution in [2.45, 2.75) is 4.90 Å². The van der Waals surface area contributed by atoms with Crippen LogP contribution in [0.25, 0.3) is 0 Å². The van der Waals surface area contributed by atoms with Crippen LogP contribution in [0.2, 0.25) is 0 Å². The van der Waals surface area contributed by atoms with Crippen molar-refractivity contribution >= 4 is 29.0 Å². The Kier molecular flexibility index (Phi) is 3.60. The lowest BCUT2D eigenvalue weighted by Crippen LogP contribution is -2.12. The van der Waals surface area contributed by atoms with Crippen molar-refractivity contribution in [3.63, 3.8) is 0 Å². The molecule has 0 radical (unpaired) electrons. The van der Waals surface area contributed by atoms with Crippen molar-refractivity contribution in [1.29, 1.82) is 0 Å². The number of hydrogen-bond donors (Lipinski definition) is 0. The lowest BCUT2D eigenvalue weighted by Gasteiger charge is -2.07. The van der Waals surface area contributed by atoms with Crippen molar-refractivity contribution in [1.82, 2.24) is 0 Å². The molecule has 2 aromatic carbocycles. The average Bonchev–Trinajstić information content (AvgIpc) is 2.30. The zero-order chi connectivity index (χ0) is 12.3. The van der Waals surface area contributed by atoms with Gasteiger partial charge in [-0.3, -0.25) is 0 Å². The molecular formula is C13H13O2PS. The minimum atomic E-state index is -3.15. The smallest absolute Gasteiger partial charge is 0.176 e. The van der Waals surface area contributed by atoms with Gasteiger partial charge in [-0.05, 0) is 16.7 Å². The van der Waals surface area contributed by atoms with Gasteiger partial charge in [-0.15, -0.1) is 0 Å². The van der Waals surface area contributed by atoms with E-state index in [0.29, 0.717) is 13.5 Å². The van der Waals surface area contributed by atoms with Crippen LogP contribution in [0.4, 0.5) is 0 Å². The largest absolute Gasteiger partial charge is 0.224 e. The van der Waals surface area contributed by atoms with E-state index in [-0.39, 0.29) is 0 Å². The van der Waals surface area contributed by atoms with Gasteiger partial charge in [0.2, 0.25) is 0 Å². The van der Waals surface area contributed by atoms with Gasteiger partial charge >= 0.3 is 0 Å². The van der Waals surface area contributed by atoms with Gasteiger partial charge in [0.1, 0.15) is 0 Å². The summed E-state index contributed by atoms with van der Waals surface area (Å²) in [5.41, 5.74) is 0. The number of hydrogen-bond acceptors (Lipinski definition) is 2. The Hall–Kier alpha value is -1.18. The van der Waals surface area contributed by atoms with Crippen molar-refractivity contribution in [2.75, 3.05) is 6.26 Å². The Bertz CT molecular complexity index is 606. The lowest BCUT2D eigenvalue weighted by atomic mass is 10.4. The van der Waals surface area contributed by atoms with Gasteiger partial charge in [0.05, 0.1) is 4.90 Å². The number of sulfone groups is 1. The summed E-state index contributed by atoms with van der Waals surface area (Å²) >= 11 is 0. The molecule has 1 atom stereocenters. The van der Waals surface area contributed by atoms with E-state index in [1.54, 1.807) is 12.1 Å². The number of rotatable bonds is 3. The van der Waals surface area contributed by atoms with E-state index >= 15 is 0 Å². The van der Waals surface area contributed by atoms with E-state index in [2.05, 4.69) is 0 Å². The molecule has 0 spiro atoms. The molecular weight excluding hydrogens is 251 g/mol. The summed E-state index contributed by atoms with van der Waals surface area (Å²) in [4.78, 5) is 0.433. The number of benzene rings is 2. The van der Waals surface area contributed by atoms with Crippen LogP contribution < -0.4 is 10.6 Å². The molecule has 2 aromatic rings. The first-order valence-electron chi connectivity index (χ1n) is 5.18. The summed E-state index contributed by atoms with van der Waals surface area (Å²) in [5.74, 6) is 0. The zero-order valence-corrected chi connectivity index (χ0v) is 11.2. The second-order valence-electron chi connectivity index (χ2n) is 3.76. The van der Waals surface area contributed by atoms with Crippen LogP contribution in [0, 0.1) is 0 Å². The molecule has 2 nitrogen and oxygen atoms in total. The molecule has 0 aliphatic heterocycles. The normalized spacial score (nSPS) is 12.1. The molecule has 0 fully saturated rings. The molecule has 0 bridgehead atoms. The summed E-state index contributed by atoms with van der Waals surface area (Å²) in [6.45, 7) is 0. The third-order valence-corrected chi connectivity index (χ3v) is 5.00. The highest BCUT2D eigenvalue weighted by Gasteiger charge is 2.12. The predicted molar refractivity (Wildman–Crippen MR) is 73.6 cm³/mol. The fourth-order valence-corrected chi connectivity index (χ4v) is 4.13. The van der Waals surface area contributed by atoms with Crippen LogP contribution in [0.3, 0.4) is 0 Å². The highest BCUT2D eigenvalue weighted by atomic mass is 32.2. The molecule has 0 saturated carbocycles. The first-order valence-corrected chi connectivity index (χ1v) is 8.08. The lowest BCUT2D eigenvalue weighted by molar-refractivity contribution is 0.602. The Balaban J connectivity index is 2.41.